The van der Waals surface area contributed by atoms with Crippen molar-refractivity contribution in [3.05, 3.63) is 12.2 Å². The summed E-state index contributed by atoms with van der Waals surface area (Å²) in [6.45, 7) is 5.04. The van der Waals surface area contributed by atoms with Gasteiger partial charge in [-0.15, -0.1) is 11.8 Å². The highest BCUT2D eigenvalue weighted by atomic mass is 16.6. The van der Waals surface area contributed by atoms with E-state index in [0.29, 0.717) is 6.42 Å². The molecule has 2 atom stereocenters. The normalized spacial score (nSPS) is 27.4. The van der Waals surface area contributed by atoms with Gasteiger partial charge in [0, 0.05) is 19.8 Å². The molecule has 0 N–H and O–H groups in total. The van der Waals surface area contributed by atoms with Crippen LogP contribution >= 0.6 is 0 Å². The maximum atomic E-state index is 11.6. The molecule has 0 heterocycles. The fraction of sp³-hybridized carbons (Fsp3) is 0.538. The standard InChI is InChI=1S/C13H16O3/c1-4-5-6-7-11-12(15)8-9-13(11,3)16-10(2)14/h8-9,11H,4,7H2,1-3H3. The Bertz CT molecular complexity index is 384. The molecule has 0 fully saturated rings. The zero-order chi connectivity index (χ0) is 12.2. The van der Waals surface area contributed by atoms with E-state index < -0.39 is 5.60 Å². The van der Waals surface area contributed by atoms with E-state index in [9.17, 15) is 9.59 Å². The second kappa shape index (κ2) is 4.98. The van der Waals surface area contributed by atoms with Gasteiger partial charge in [-0.1, -0.05) is 6.92 Å². The van der Waals surface area contributed by atoms with Crippen molar-refractivity contribution in [2.75, 3.05) is 0 Å². The zero-order valence-electron chi connectivity index (χ0n) is 9.87. The van der Waals surface area contributed by atoms with Crippen LogP contribution in [0.15, 0.2) is 12.2 Å². The van der Waals surface area contributed by atoms with Crippen molar-refractivity contribution < 1.29 is 14.3 Å². The van der Waals surface area contributed by atoms with Gasteiger partial charge in [0.2, 0.25) is 0 Å². The minimum absolute atomic E-state index is 0.0193. The summed E-state index contributed by atoms with van der Waals surface area (Å²) in [6.07, 6.45) is 4.32. The van der Waals surface area contributed by atoms with Crippen LogP contribution in [0.3, 0.4) is 0 Å². The van der Waals surface area contributed by atoms with Gasteiger partial charge in [0.05, 0.1) is 5.92 Å². The van der Waals surface area contributed by atoms with E-state index >= 15 is 0 Å². The van der Waals surface area contributed by atoms with E-state index in [2.05, 4.69) is 11.8 Å². The highest BCUT2D eigenvalue weighted by molar-refractivity contribution is 5.96. The van der Waals surface area contributed by atoms with Gasteiger partial charge in [0.1, 0.15) is 5.60 Å². The topological polar surface area (TPSA) is 43.4 Å². The Morgan fingerprint density at radius 3 is 2.81 bits per heavy atom. The Hall–Kier alpha value is -1.56. The Kier molecular flexibility index (Phi) is 3.89. The first-order valence-corrected chi connectivity index (χ1v) is 5.38. The number of ether oxygens (including phenoxy) is 1. The van der Waals surface area contributed by atoms with E-state index in [0.717, 1.165) is 6.42 Å². The predicted molar refractivity (Wildman–Crippen MR) is 60.5 cm³/mol. The number of hydrogen-bond acceptors (Lipinski definition) is 3. The first-order valence-electron chi connectivity index (χ1n) is 5.38. The molecule has 0 aromatic heterocycles. The molecule has 0 radical (unpaired) electrons. The molecule has 1 aliphatic rings. The Balaban J connectivity index is 2.79. The number of allylic oxidation sites excluding steroid dienone is 1. The number of carbonyl (C=O) groups is 2. The quantitative estimate of drug-likeness (QED) is 0.527. The average molecular weight is 220 g/mol. The van der Waals surface area contributed by atoms with Crippen LogP contribution in [0, 0.1) is 17.8 Å². The van der Waals surface area contributed by atoms with Gasteiger partial charge >= 0.3 is 5.97 Å². The SMILES string of the molecule is CCC#CCC1C(=O)C=CC1(C)OC(C)=O. The summed E-state index contributed by atoms with van der Waals surface area (Å²) in [6, 6.07) is 0. The largest absolute Gasteiger partial charge is 0.454 e. The lowest BCUT2D eigenvalue weighted by atomic mass is 9.88. The molecular weight excluding hydrogens is 204 g/mol. The second-order valence-corrected chi connectivity index (χ2v) is 3.98. The molecule has 1 rings (SSSR count). The molecule has 3 nitrogen and oxygen atoms in total. The molecule has 86 valence electrons. The molecule has 0 aromatic rings. The fourth-order valence-electron chi connectivity index (χ4n) is 1.78. The van der Waals surface area contributed by atoms with Crippen molar-refractivity contribution in [1.82, 2.24) is 0 Å². The van der Waals surface area contributed by atoms with E-state index in [1.165, 1.54) is 13.0 Å². The van der Waals surface area contributed by atoms with Crippen molar-refractivity contribution in [3.63, 3.8) is 0 Å². The van der Waals surface area contributed by atoms with Gasteiger partial charge in [-0.3, -0.25) is 9.59 Å². The molecule has 0 amide bonds. The fourth-order valence-corrected chi connectivity index (χ4v) is 1.78. The third-order valence-electron chi connectivity index (χ3n) is 2.59. The minimum Gasteiger partial charge on any atom is -0.454 e. The molecule has 0 aromatic carbocycles. The lowest BCUT2D eigenvalue weighted by Gasteiger charge is -2.27. The smallest absolute Gasteiger partial charge is 0.303 e. The zero-order valence-corrected chi connectivity index (χ0v) is 9.87. The van der Waals surface area contributed by atoms with E-state index in [1.807, 2.05) is 6.92 Å². The summed E-state index contributed by atoms with van der Waals surface area (Å²) in [5.74, 6) is 5.09. The lowest BCUT2D eigenvalue weighted by Crippen LogP contribution is -2.37. The van der Waals surface area contributed by atoms with E-state index in [4.69, 9.17) is 4.74 Å². The highest BCUT2D eigenvalue weighted by Crippen LogP contribution is 2.32. The summed E-state index contributed by atoms with van der Waals surface area (Å²) in [5, 5.41) is 0. The third kappa shape index (κ3) is 2.73. The van der Waals surface area contributed by atoms with Crippen molar-refractivity contribution in [1.29, 1.82) is 0 Å². The molecular formula is C13H16O3. The number of rotatable bonds is 2. The average Bonchev–Trinajstić information content (AvgIpc) is 2.44. The molecule has 3 heteroatoms. The van der Waals surface area contributed by atoms with Crippen LogP contribution in [-0.2, 0) is 14.3 Å². The van der Waals surface area contributed by atoms with Crippen molar-refractivity contribution in [3.8, 4) is 11.8 Å². The van der Waals surface area contributed by atoms with Crippen LogP contribution in [0.4, 0.5) is 0 Å². The van der Waals surface area contributed by atoms with E-state index in [-0.39, 0.29) is 17.7 Å². The van der Waals surface area contributed by atoms with Crippen LogP contribution < -0.4 is 0 Å². The molecule has 0 spiro atoms. The molecule has 16 heavy (non-hydrogen) atoms. The first kappa shape index (κ1) is 12.5. The maximum Gasteiger partial charge on any atom is 0.303 e. The van der Waals surface area contributed by atoms with Crippen LogP contribution in [0.5, 0.6) is 0 Å². The van der Waals surface area contributed by atoms with Gasteiger partial charge < -0.3 is 4.74 Å². The number of esters is 1. The van der Waals surface area contributed by atoms with Crippen LogP contribution in [0.2, 0.25) is 0 Å². The minimum atomic E-state index is -0.828. The Labute approximate surface area is 95.9 Å². The van der Waals surface area contributed by atoms with Gasteiger partial charge in [0.15, 0.2) is 5.78 Å². The van der Waals surface area contributed by atoms with Crippen molar-refractivity contribution in [2.24, 2.45) is 5.92 Å². The molecule has 2 unspecified atom stereocenters. The monoisotopic (exact) mass is 220 g/mol. The van der Waals surface area contributed by atoms with Gasteiger partial charge in [0.25, 0.3) is 0 Å². The molecule has 0 saturated heterocycles. The molecule has 0 saturated carbocycles. The van der Waals surface area contributed by atoms with Crippen LogP contribution in [0.1, 0.15) is 33.6 Å². The van der Waals surface area contributed by atoms with Crippen LogP contribution in [-0.4, -0.2) is 17.4 Å². The highest BCUT2D eigenvalue weighted by Gasteiger charge is 2.42. The summed E-state index contributed by atoms with van der Waals surface area (Å²) in [7, 11) is 0. The Morgan fingerprint density at radius 1 is 1.56 bits per heavy atom. The van der Waals surface area contributed by atoms with Crippen molar-refractivity contribution >= 4 is 11.8 Å². The third-order valence-corrected chi connectivity index (χ3v) is 2.59. The molecule has 0 aliphatic heterocycles. The summed E-state index contributed by atoms with van der Waals surface area (Å²) < 4.78 is 5.20. The number of ketones is 1. The Morgan fingerprint density at radius 2 is 2.25 bits per heavy atom. The second-order valence-electron chi connectivity index (χ2n) is 3.98. The summed E-state index contributed by atoms with van der Waals surface area (Å²) in [4.78, 5) is 22.6. The summed E-state index contributed by atoms with van der Waals surface area (Å²) >= 11 is 0. The van der Waals surface area contributed by atoms with Gasteiger partial charge in [-0.25, -0.2) is 0 Å². The molecule has 0 bridgehead atoms. The summed E-state index contributed by atoms with van der Waals surface area (Å²) in [5.41, 5.74) is -0.828. The van der Waals surface area contributed by atoms with Crippen LogP contribution in [0.25, 0.3) is 0 Å². The first-order chi connectivity index (χ1) is 7.49. The van der Waals surface area contributed by atoms with Gasteiger partial charge in [-0.05, 0) is 19.1 Å². The number of carbonyl (C=O) groups excluding carboxylic acids is 2. The predicted octanol–water partition coefficient (Wildman–Crippen LogP) is 1.87. The molecule has 1 aliphatic carbocycles. The maximum absolute atomic E-state index is 11.6. The van der Waals surface area contributed by atoms with Gasteiger partial charge in [-0.2, -0.15) is 0 Å². The lowest BCUT2D eigenvalue weighted by molar-refractivity contribution is -0.155. The van der Waals surface area contributed by atoms with Crippen molar-refractivity contribution in [2.45, 2.75) is 39.2 Å². The number of hydrogen-bond donors (Lipinski definition) is 0. The van der Waals surface area contributed by atoms with E-state index in [1.54, 1.807) is 13.0 Å².